The summed E-state index contributed by atoms with van der Waals surface area (Å²) in [7, 11) is -4.38. The molecule has 0 aromatic heterocycles. The quantitative estimate of drug-likeness (QED) is 0.0208. The Morgan fingerprint density at radius 1 is 0.700 bits per heavy atom. The molecule has 4 atom stereocenters. The van der Waals surface area contributed by atoms with Crippen LogP contribution < -0.4 is 5.73 Å². The summed E-state index contributed by atoms with van der Waals surface area (Å²) in [5.74, 6) is -0.844. The van der Waals surface area contributed by atoms with E-state index in [0.29, 0.717) is 18.6 Å². The first-order valence-electron chi connectivity index (χ1n) is 20.3. The van der Waals surface area contributed by atoms with Crippen molar-refractivity contribution in [3.63, 3.8) is 0 Å². The summed E-state index contributed by atoms with van der Waals surface area (Å²) >= 11 is 0. The number of unbranched alkanes of at least 4 members (excludes halogenated alkanes) is 19. The number of allylic oxidation sites excluding steroid dienone is 1. The number of nitrogens with two attached hydrogens (primary N) is 1. The highest BCUT2D eigenvalue weighted by Crippen LogP contribution is 2.43. The molecule has 0 aromatic rings. The first kappa shape index (κ1) is 46.7. The molecule has 0 radical (unpaired) electrons. The van der Waals surface area contributed by atoms with Crippen molar-refractivity contribution in [2.24, 2.45) is 5.73 Å². The molecule has 1 saturated heterocycles. The fraction of sp³-hybridized carbons (Fsp3) is 0.897. The van der Waals surface area contributed by atoms with Crippen molar-refractivity contribution >= 4 is 19.8 Å². The van der Waals surface area contributed by atoms with Gasteiger partial charge in [-0.25, -0.2) is 4.57 Å². The van der Waals surface area contributed by atoms with Crippen molar-refractivity contribution in [1.29, 1.82) is 0 Å². The zero-order chi connectivity index (χ0) is 36.5. The largest absolute Gasteiger partial charge is 0.472 e. The Morgan fingerprint density at radius 2 is 1.24 bits per heavy atom. The van der Waals surface area contributed by atoms with Crippen LogP contribution in [0.15, 0.2) is 12.2 Å². The minimum atomic E-state index is -4.38. The van der Waals surface area contributed by atoms with Gasteiger partial charge < -0.3 is 24.8 Å². The number of esters is 2. The van der Waals surface area contributed by atoms with E-state index in [-0.39, 0.29) is 38.6 Å². The van der Waals surface area contributed by atoms with E-state index >= 15 is 0 Å². The van der Waals surface area contributed by atoms with E-state index in [4.69, 9.17) is 29.0 Å². The Morgan fingerprint density at radius 3 is 1.84 bits per heavy atom. The van der Waals surface area contributed by atoms with Crippen LogP contribution in [0.5, 0.6) is 0 Å². The summed E-state index contributed by atoms with van der Waals surface area (Å²) in [5.41, 5.74) is 5.34. The molecule has 1 fully saturated rings. The van der Waals surface area contributed by atoms with Gasteiger partial charge in [-0.15, -0.1) is 0 Å². The van der Waals surface area contributed by atoms with Crippen molar-refractivity contribution in [1.82, 2.24) is 0 Å². The van der Waals surface area contributed by atoms with E-state index in [1.54, 1.807) is 0 Å². The van der Waals surface area contributed by atoms with Crippen molar-refractivity contribution in [3.8, 4) is 0 Å². The molecule has 3 N–H and O–H groups in total. The number of hydrogen-bond acceptors (Lipinski definition) is 9. The van der Waals surface area contributed by atoms with Gasteiger partial charge in [0.25, 0.3) is 0 Å². The minimum Gasteiger partial charge on any atom is -0.462 e. The van der Waals surface area contributed by atoms with E-state index in [9.17, 15) is 19.0 Å². The molecular formula is C39H74NO9P. The molecule has 50 heavy (non-hydrogen) atoms. The van der Waals surface area contributed by atoms with E-state index < -0.39 is 26.5 Å². The third kappa shape index (κ3) is 29.3. The van der Waals surface area contributed by atoms with Gasteiger partial charge in [0.15, 0.2) is 6.10 Å². The average Bonchev–Trinajstić information content (AvgIpc) is 3.85. The van der Waals surface area contributed by atoms with Crippen molar-refractivity contribution in [3.05, 3.63) is 12.2 Å². The molecule has 0 amide bonds. The molecule has 1 aliphatic rings. The molecule has 10 nitrogen and oxygen atoms in total. The Kier molecular flexibility index (Phi) is 30.3. The maximum atomic E-state index is 12.6. The lowest BCUT2D eigenvalue weighted by molar-refractivity contribution is -0.161. The Labute approximate surface area is 304 Å². The van der Waals surface area contributed by atoms with Gasteiger partial charge in [-0.2, -0.15) is 0 Å². The van der Waals surface area contributed by atoms with Crippen LogP contribution in [0.25, 0.3) is 0 Å². The number of rotatable bonds is 37. The maximum Gasteiger partial charge on any atom is 0.472 e. The first-order chi connectivity index (χ1) is 24.3. The SMILES string of the molecule is CCCCCCCCCCCCCCCC(=O)OCC(COP(=O)(O)OCCN)OC(=O)CCCCCCC/C=C\CC1OC1CCCCC. The lowest BCUT2D eigenvalue weighted by Gasteiger charge is -2.19. The van der Waals surface area contributed by atoms with Crippen molar-refractivity contribution < 1.29 is 42.3 Å². The van der Waals surface area contributed by atoms with Gasteiger partial charge in [0.2, 0.25) is 0 Å². The fourth-order valence-electron chi connectivity index (χ4n) is 5.93. The van der Waals surface area contributed by atoms with Crippen LogP contribution in [0.2, 0.25) is 0 Å². The second-order valence-electron chi connectivity index (χ2n) is 13.9. The normalized spacial score (nSPS) is 17.5. The molecule has 0 saturated carbocycles. The van der Waals surface area contributed by atoms with Crippen LogP contribution in [0.3, 0.4) is 0 Å². The number of carbonyl (C=O) groups is 2. The predicted octanol–water partition coefficient (Wildman–Crippen LogP) is 10.0. The van der Waals surface area contributed by atoms with Crippen LogP contribution in [-0.4, -0.2) is 61.5 Å². The molecule has 294 valence electrons. The highest BCUT2D eigenvalue weighted by molar-refractivity contribution is 7.47. The van der Waals surface area contributed by atoms with Gasteiger partial charge in [0, 0.05) is 19.4 Å². The number of carbonyl (C=O) groups excluding carboxylic acids is 2. The van der Waals surface area contributed by atoms with E-state index in [2.05, 4.69) is 26.0 Å². The number of hydrogen-bond donors (Lipinski definition) is 2. The van der Waals surface area contributed by atoms with Crippen molar-refractivity contribution in [2.75, 3.05) is 26.4 Å². The zero-order valence-corrected chi connectivity index (χ0v) is 32.7. The molecular weight excluding hydrogens is 657 g/mol. The molecule has 0 aromatic carbocycles. The van der Waals surface area contributed by atoms with E-state index in [0.717, 1.165) is 57.8 Å². The molecule has 11 heteroatoms. The van der Waals surface area contributed by atoms with Crippen LogP contribution in [0.1, 0.15) is 181 Å². The van der Waals surface area contributed by atoms with Gasteiger partial charge >= 0.3 is 19.8 Å². The van der Waals surface area contributed by atoms with E-state index in [1.165, 1.54) is 89.9 Å². The number of epoxide rings is 1. The van der Waals surface area contributed by atoms with E-state index in [1.807, 2.05) is 0 Å². The third-order valence-corrected chi connectivity index (χ3v) is 10.1. The van der Waals surface area contributed by atoms with Gasteiger partial charge in [-0.1, -0.05) is 142 Å². The second kappa shape index (κ2) is 32.4. The highest BCUT2D eigenvalue weighted by atomic mass is 31.2. The highest BCUT2D eigenvalue weighted by Gasteiger charge is 2.36. The van der Waals surface area contributed by atoms with Crippen LogP contribution >= 0.6 is 7.82 Å². The minimum absolute atomic E-state index is 0.0509. The monoisotopic (exact) mass is 732 g/mol. The van der Waals surface area contributed by atoms with Crippen LogP contribution in [0.4, 0.5) is 0 Å². The summed E-state index contributed by atoms with van der Waals surface area (Å²) in [6.07, 6.45) is 32.6. The molecule has 4 unspecified atom stereocenters. The number of phosphoric ester groups is 1. The average molecular weight is 732 g/mol. The van der Waals surface area contributed by atoms with Crippen LogP contribution in [0, 0.1) is 0 Å². The van der Waals surface area contributed by atoms with Gasteiger partial charge in [-0.05, 0) is 38.5 Å². The summed E-state index contributed by atoms with van der Waals surface area (Å²) in [6.45, 7) is 3.68. The lowest BCUT2D eigenvalue weighted by atomic mass is 10.0. The number of phosphoric acid groups is 1. The zero-order valence-electron chi connectivity index (χ0n) is 31.8. The summed E-state index contributed by atoms with van der Waals surface area (Å²) in [6, 6.07) is 0. The maximum absolute atomic E-state index is 12.6. The Balaban J connectivity index is 2.20. The molecule has 0 spiro atoms. The molecule has 1 rings (SSSR count). The Bertz CT molecular complexity index is 903. The topological polar surface area (TPSA) is 147 Å². The third-order valence-electron chi connectivity index (χ3n) is 9.08. The molecule has 0 aliphatic carbocycles. The summed E-state index contributed by atoms with van der Waals surface area (Å²) in [5, 5.41) is 0. The summed E-state index contributed by atoms with van der Waals surface area (Å²) in [4.78, 5) is 34.8. The van der Waals surface area contributed by atoms with Gasteiger partial charge in [0.1, 0.15) is 6.61 Å². The standard InChI is InChI=1S/C39H74NO9P/c1-3-5-7-8-9-10-11-12-13-14-18-21-25-29-38(41)45-33-35(34-47-50(43,44)46-32-31-40)48-39(42)30-26-22-19-16-15-17-20-24-28-37-36(49-37)27-23-6-4-2/h20,24,35-37H,3-19,21-23,25-34,40H2,1-2H3,(H,43,44)/b24-20-. The Hall–Kier alpha value is -1.29. The smallest absolute Gasteiger partial charge is 0.462 e. The first-order valence-corrected chi connectivity index (χ1v) is 21.8. The summed E-state index contributed by atoms with van der Waals surface area (Å²) < 4.78 is 38.4. The fourth-order valence-corrected chi connectivity index (χ4v) is 6.70. The van der Waals surface area contributed by atoms with Crippen LogP contribution in [-0.2, 0) is 37.4 Å². The predicted molar refractivity (Wildman–Crippen MR) is 201 cm³/mol. The lowest BCUT2D eigenvalue weighted by Crippen LogP contribution is -2.29. The molecule has 1 heterocycles. The molecule has 0 bridgehead atoms. The van der Waals surface area contributed by atoms with Gasteiger partial charge in [0.05, 0.1) is 25.4 Å². The number of ether oxygens (including phenoxy) is 3. The second-order valence-corrected chi connectivity index (χ2v) is 15.3. The van der Waals surface area contributed by atoms with Crippen molar-refractivity contribution in [2.45, 2.75) is 199 Å². The van der Waals surface area contributed by atoms with Gasteiger partial charge in [-0.3, -0.25) is 18.6 Å². The molecule has 1 aliphatic heterocycles.